The molecule has 0 amide bonds. The Bertz CT molecular complexity index is 998. The highest BCUT2D eigenvalue weighted by molar-refractivity contribution is 7.92. The van der Waals surface area contributed by atoms with Crippen molar-refractivity contribution in [2.45, 2.75) is 4.90 Å². The van der Waals surface area contributed by atoms with E-state index in [1.807, 2.05) is 0 Å². The molecule has 0 bridgehead atoms. The summed E-state index contributed by atoms with van der Waals surface area (Å²) in [5.74, 6) is 0. The summed E-state index contributed by atoms with van der Waals surface area (Å²) >= 11 is 6.07. The van der Waals surface area contributed by atoms with E-state index in [0.29, 0.717) is 16.6 Å². The minimum absolute atomic E-state index is 0.0396. The van der Waals surface area contributed by atoms with E-state index >= 15 is 0 Å². The maximum Gasteiger partial charge on any atom is 0.263 e. The van der Waals surface area contributed by atoms with Crippen LogP contribution >= 0.6 is 11.6 Å². The number of aromatic nitrogens is 1. The highest BCUT2D eigenvalue weighted by Gasteiger charge is 2.19. The lowest BCUT2D eigenvalue weighted by Gasteiger charge is -2.10. The van der Waals surface area contributed by atoms with Crippen LogP contribution in [0.15, 0.2) is 64.3 Å². The molecule has 5 nitrogen and oxygen atoms in total. The quantitative estimate of drug-likeness (QED) is 0.772. The molecule has 0 saturated heterocycles. The molecule has 0 spiro atoms. The van der Waals surface area contributed by atoms with E-state index in [1.165, 1.54) is 18.2 Å². The molecule has 0 saturated carbocycles. The normalized spacial score (nSPS) is 11.5. The van der Waals surface area contributed by atoms with Crippen LogP contribution in [0, 0.1) is 0 Å². The fourth-order valence-corrected chi connectivity index (χ4v) is 3.70. The molecule has 3 rings (SSSR count). The van der Waals surface area contributed by atoms with Gasteiger partial charge in [-0.2, -0.15) is 0 Å². The first-order valence-corrected chi connectivity index (χ1v) is 8.22. The lowest BCUT2D eigenvalue weighted by atomic mass is 10.2. The molecule has 0 atom stereocenters. The number of fused-ring (bicyclic) bond motifs is 1. The van der Waals surface area contributed by atoms with Crippen LogP contribution in [0.5, 0.6) is 0 Å². The number of rotatable bonds is 3. The van der Waals surface area contributed by atoms with E-state index in [4.69, 9.17) is 11.6 Å². The molecule has 7 heteroatoms. The van der Waals surface area contributed by atoms with Gasteiger partial charge in [-0.05, 0) is 35.7 Å². The van der Waals surface area contributed by atoms with Crippen molar-refractivity contribution in [2.75, 3.05) is 4.72 Å². The number of H-pyrrole nitrogens is 1. The van der Waals surface area contributed by atoms with Gasteiger partial charge in [0.05, 0.1) is 5.02 Å². The number of nitrogens with one attached hydrogen (secondary N) is 2. The summed E-state index contributed by atoms with van der Waals surface area (Å²) in [7, 11) is -3.82. The molecule has 0 aliphatic rings. The predicted molar refractivity (Wildman–Crippen MR) is 86.8 cm³/mol. The number of pyridine rings is 1. The number of halogens is 1. The van der Waals surface area contributed by atoms with E-state index in [-0.39, 0.29) is 15.5 Å². The number of sulfonamides is 1. The van der Waals surface area contributed by atoms with Crippen LogP contribution in [-0.2, 0) is 10.0 Å². The Kier molecular flexibility index (Phi) is 3.64. The van der Waals surface area contributed by atoms with Crippen LogP contribution in [0.2, 0.25) is 5.02 Å². The molecule has 0 aliphatic carbocycles. The largest absolute Gasteiger partial charge is 0.322 e. The van der Waals surface area contributed by atoms with Crippen molar-refractivity contribution in [3.63, 3.8) is 0 Å². The van der Waals surface area contributed by atoms with Gasteiger partial charge in [-0.15, -0.1) is 0 Å². The zero-order valence-electron chi connectivity index (χ0n) is 11.2. The molecular weight excluding hydrogens is 324 g/mol. The number of hydrogen-bond acceptors (Lipinski definition) is 3. The molecule has 2 N–H and O–H groups in total. The number of anilines is 1. The third kappa shape index (κ3) is 2.84. The van der Waals surface area contributed by atoms with Gasteiger partial charge in [0.2, 0.25) is 5.56 Å². The highest BCUT2D eigenvalue weighted by atomic mass is 35.5. The van der Waals surface area contributed by atoms with Gasteiger partial charge in [-0.25, -0.2) is 8.42 Å². The van der Waals surface area contributed by atoms with E-state index < -0.39 is 10.0 Å². The Hall–Kier alpha value is -2.31. The fourth-order valence-electron chi connectivity index (χ4n) is 2.08. The van der Waals surface area contributed by atoms with Crippen LogP contribution in [0.25, 0.3) is 10.9 Å². The van der Waals surface area contributed by atoms with Crippen LogP contribution in [0.4, 0.5) is 5.69 Å². The summed E-state index contributed by atoms with van der Waals surface area (Å²) in [6.45, 7) is 0. The Labute approximate surface area is 131 Å². The van der Waals surface area contributed by atoms with Crippen molar-refractivity contribution in [2.24, 2.45) is 0 Å². The van der Waals surface area contributed by atoms with Crippen LogP contribution in [0.1, 0.15) is 0 Å². The van der Waals surface area contributed by atoms with Crippen LogP contribution in [0.3, 0.4) is 0 Å². The summed E-state index contributed by atoms with van der Waals surface area (Å²) in [6.07, 6.45) is 0. The van der Waals surface area contributed by atoms with Crippen molar-refractivity contribution in [1.29, 1.82) is 0 Å². The standard InChI is InChI=1S/C15H11ClN2O3S/c16-12-9-13-10(6-7-15(19)17-13)8-14(12)22(20,21)18-11-4-2-1-3-5-11/h1-9,18H,(H,17,19). The van der Waals surface area contributed by atoms with Crippen LogP contribution in [-0.4, -0.2) is 13.4 Å². The molecule has 112 valence electrons. The van der Waals surface area contributed by atoms with E-state index in [9.17, 15) is 13.2 Å². The summed E-state index contributed by atoms with van der Waals surface area (Å²) < 4.78 is 27.4. The monoisotopic (exact) mass is 334 g/mol. The average molecular weight is 335 g/mol. The maximum atomic E-state index is 12.5. The molecule has 2 aromatic carbocycles. The second-order valence-corrected chi connectivity index (χ2v) is 6.72. The van der Waals surface area contributed by atoms with Crippen molar-refractivity contribution < 1.29 is 8.42 Å². The summed E-state index contributed by atoms with van der Waals surface area (Å²) in [5, 5.41) is 0.621. The van der Waals surface area contributed by atoms with Crippen molar-refractivity contribution in [1.82, 2.24) is 4.98 Å². The van der Waals surface area contributed by atoms with Crippen molar-refractivity contribution >= 4 is 38.2 Å². The molecule has 0 unspecified atom stereocenters. The Morgan fingerprint density at radius 1 is 1.00 bits per heavy atom. The zero-order chi connectivity index (χ0) is 15.7. The summed E-state index contributed by atoms with van der Waals surface area (Å²) in [6, 6.07) is 14.3. The summed E-state index contributed by atoms with van der Waals surface area (Å²) in [5.41, 5.74) is 0.651. The Balaban J connectivity index is 2.10. The predicted octanol–water partition coefficient (Wildman–Crippen LogP) is 2.98. The van der Waals surface area contributed by atoms with Gasteiger partial charge in [0.25, 0.3) is 10.0 Å². The van der Waals surface area contributed by atoms with Gasteiger partial charge < -0.3 is 4.98 Å². The third-order valence-corrected chi connectivity index (χ3v) is 4.94. The molecular formula is C15H11ClN2O3S. The minimum atomic E-state index is -3.82. The first kappa shape index (κ1) is 14.6. The smallest absolute Gasteiger partial charge is 0.263 e. The zero-order valence-corrected chi connectivity index (χ0v) is 12.8. The molecule has 1 heterocycles. The van der Waals surface area contributed by atoms with Crippen molar-refractivity contribution in [3.8, 4) is 0 Å². The lowest BCUT2D eigenvalue weighted by Crippen LogP contribution is -2.13. The molecule has 0 radical (unpaired) electrons. The first-order chi connectivity index (χ1) is 10.5. The number of para-hydroxylation sites is 1. The highest BCUT2D eigenvalue weighted by Crippen LogP contribution is 2.27. The second-order valence-electron chi connectivity index (χ2n) is 4.66. The Morgan fingerprint density at radius 3 is 2.45 bits per heavy atom. The van der Waals surface area contributed by atoms with Gasteiger partial charge in [0.15, 0.2) is 0 Å². The molecule has 3 aromatic rings. The molecule has 0 fully saturated rings. The fraction of sp³-hybridized carbons (Fsp3) is 0. The number of benzene rings is 2. The average Bonchev–Trinajstić information content (AvgIpc) is 2.46. The first-order valence-electron chi connectivity index (χ1n) is 6.36. The maximum absolute atomic E-state index is 12.5. The third-order valence-electron chi connectivity index (χ3n) is 3.09. The Morgan fingerprint density at radius 2 is 1.73 bits per heavy atom. The second kappa shape index (κ2) is 5.47. The minimum Gasteiger partial charge on any atom is -0.322 e. The van der Waals surface area contributed by atoms with E-state index in [0.717, 1.165) is 0 Å². The van der Waals surface area contributed by atoms with Gasteiger partial charge in [-0.3, -0.25) is 9.52 Å². The van der Waals surface area contributed by atoms with E-state index in [2.05, 4.69) is 9.71 Å². The molecule has 0 aliphatic heterocycles. The van der Waals surface area contributed by atoms with Gasteiger partial charge >= 0.3 is 0 Å². The topological polar surface area (TPSA) is 79.0 Å². The number of aromatic amines is 1. The van der Waals surface area contributed by atoms with E-state index in [1.54, 1.807) is 36.4 Å². The van der Waals surface area contributed by atoms with Gasteiger partial charge in [0, 0.05) is 17.3 Å². The lowest BCUT2D eigenvalue weighted by molar-refractivity contribution is 0.601. The van der Waals surface area contributed by atoms with Crippen molar-refractivity contribution in [3.05, 3.63) is 70.0 Å². The summed E-state index contributed by atoms with van der Waals surface area (Å²) in [4.78, 5) is 13.8. The van der Waals surface area contributed by atoms with Gasteiger partial charge in [-0.1, -0.05) is 29.8 Å². The molecule has 1 aromatic heterocycles. The van der Waals surface area contributed by atoms with Gasteiger partial charge in [0.1, 0.15) is 4.90 Å². The molecule has 22 heavy (non-hydrogen) atoms. The SMILES string of the molecule is O=c1ccc2cc(S(=O)(=O)Nc3ccccc3)c(Cl)cc2[nH]1. The number of hydrogen-bond donors (Lipinski definition) is 2. The van der Waals surface area contributed by atoms with Crippen LogP contribution < -0.4 is 10.3 Å².